The zero-order chi connectivity index (χ0) is 23.4. The SMILES string of the molecule is C=C1CCC(C)(C)C(/C=C/C(C)=C/C=C/C(C)=C\C(=O)Nc2ccccc2)=C1C.CC. The number of allylic oxidation sites excluding steroid dienone is 10. The van der Waals surface area contributed by atoms with Crippen LogP contribution in [0, 0.1) is 5.41 Å². The summed E-state index contributed by atoms with van der Waals surface area (Å²) in [5.41, 5.74) is 6.99. The van der Waals surface area contributed by atoms with E-state index in [0.717, 1.165) is 29.7 Å². The third kappa shape index (κ3) is 8.80. The Balaban J connectivity index is 0.00000233. The summed E-state index contributed by atoms with van der Waals surface area (Å²) in [5, 5.41) is 2.86. The maximum absolute atomic E-state index is 12.1. The molecule has 1 aromatic carbocycles. The Morgan fingerprint density at radius 2 is 1.71 bits per heavy atom. The van der Waals surface area contributed by atoms with Crippen LogP contribution in [-0.2, 0) is 4.79 Å². The minimum absolute atomic E-state index is 0.124. The minimum atomic E-state index is -0.124. The lowest BCUT2D eigenvalue weighted by Crippen LogP contribution is -2.20. The van der Waals surface area contributed by atoms with Crippen molar-refractivity contribution in [2.75, 3.05) is 5.32 Å². The normalized spacial score (nSPS) is 17.1. The Kier molecular flexibility index (Phi) is 10.8. The standard InChI is InChI=1S/C27H33NO.C2H6/c1-20(15-16-25-23(4)22(3)17-18-27(25,5)6)11-10-12-21(2)19-26(29)28-24-13-8-7-9-14-24;1-2/h7-16,19H,3,17-18H2,1-2,4-6H3,(H,28,29);1-2H3/b12-10+,16-15+,20-11+,21-19-;. The molecule has 0 radical (unpaired) electrons. The van der Waals surface area contributed by atoms with Gasteiger partial charge in [0.25, 0.3) is 0 Å². The molecule has 166 valence electrons. The van der Waals surface area contributed by atoms with Gasteiger partial charge in [0.15, 0.2) is 0 Å². The van der Waals surface area contributed by atoms with Crippen molar-refractivity contribution >= 4 is 11.6 Å². The molecular weight excluding hydrogens is 378 g/mol. The van der Waals surface area contributed by atoms with Gasteiger partial charge < -0.3 is 5.32 Å². The smallest absolute Gasteiger partial charge is 0.248 e. The molecule has 0 atom stereocenters. The first-order valence-corrected chi connectivity index (χ1v) is 11.2. The summed E-state index contributed by atoms with van der Waals surface area (Å²) in [6.07, 6.45) is 14.2. The number of rotatable bonds is 6. The fourth-order valence-electron chi connectivity index (χ4n) is 3.41. The molecule has 2 nitrogen and oxygen atoms in total. The number of hydrogen-bond donors (Lipinski definition) is 1. The quantitative estimate of drug-likeness (QED) is 0.366. The van der Waals surface area contributed by atoms with E-state index in [9.17, 15) is 4.79 Å². The summed E-state index contributed by atoms with van der Waals surface area (Å²) < 4.78 is 0. The van der Waals surface area contributed by atoms with Gasteiger partial charge in [-0.05, 0) is 67.9 Å². The lowest BCUT2D eigenvalue weighted by Gasteiger charge is -2.34. The van der Waals surface area contributed by atoms with E-state index < -0.39 is 0 Å². The highest BCUT2D eigenvalue weighted by Gasteiger charge is 2.28. The van der Waals surface area contributed by atoms with Gasteiger partial charge in [-0.2, -0.15) is 0 Å². The van der Waals surface area contributed by atoms with E-state index in [-0.39, 0.29) is 11.3 Å². The van der Waals surface area contributed by atoms with Crippen LogP contribution in [0.1, 0.15) is 61.3 Å². The Morgan fingerprint density at radius 1 is 1.06 bits per heavy atom. The molecule has 1 amide bonds. The molecule has 0 saturated heterocycles. The molecule has 1 aliphatic rings. The largest absolute Gasteiger partial charge is 0.323 e. The Hall–Kier alpha value is -2.87. The Bertz CT molecular complexity index is 905. The average Bonchev–Trinajstić information content (AvgIpc) is 2.73. The minimum Gasteiger partial charge on any atom is -0.323 e. The highest BCUT2D eigenvalue weighted by atomic mass is 16.1. The first kappa shape index (κ1) is 26.2. The van der Waals surface area contributed by atoms with Crippen LogP contribution >= 0.6 is 0 Å². The van der Waals surface area contributed by atoms with Crippen molar-refractivity contribution < 1.29 is 4.79 Å². The summed E-state index contributed by atoms with van der Waals surface area (Å²) in [4.78, 5) is 12.1. The molecule has 0 unspecified atom stereocenters. The van der Waals surface area contributed by atoms with Gasteiger partial charge in [0.05, 0.1) is 0 Å². The Labute approximate surface area is 189 Å². The summed E-state index contributed by atoms with van der Waals surface area (Å²) in [6, 6.07) is 9.46. The van der Waals surface area contributed by atoms with Crippen LogP contribution in [0.25, 0.3) is 0 Å². The van der Waals surface area contributed by atoms with E-state index in [1.165, 1.54) is 16.7 Å². The second-order valence-corrected chi connectivity index (χ2v) is 8.37. The van der Waals surface area contributed by atoms with Crippen LogP contribution in [0.4, 0.5) is 5.69 Å². The maximum Gasteiger partial charge on any atom is 0.248 e. The zero-order valence-corrected chi connectivity index (χ0v) is 20.4. The van der Waals surface area contributed by atoms with Crippen LogP contribution < -0.4 is 5.32 Å². The van der Waals surface area contributed by atoms with Crippen molar-refractivity contribution in [2.45, 2.75) is 61.3 Å². The van der Waals surface area contributed by atoms with Crippen LogP contribution in [0.2, 0.25) is 0 Å². The predicted octanol–water partition coefficient (Wildman–Crippen LogP) is 8.35. The molecule has 0 saturated carbocycles. The van der Waals surface area contributed by atoms with E-state index >= 15 is 0 Å². The molecule has 0 heterocycles. The van der Waals surface area contributed by atoms with E-state index in [1.807, 2.05) is 63.3 Å². The number of para-hydroxylation sites is 1. The first-order valence-electron chi connectivity index (χ1n) is 11.2. The third-order valence-corrected chi connectivity index (χ3v) is 5.35. The third-order valence-electron chi connectivity index (χ3n) is 5.35. The summed E-state index contributed by atoms with van der Waals surface area (Å²) >= 11 is 0. The van der Waals surface area contributed by atoms with Crippen molar-refractivity contribution in [1.82, 2.24) is 0 Å². The number of carbonyl (C=O) groups is 1. The second-order valence-electron chi connectivity index (χ2n) is 8.37. The highest BCUT2D eigenvalue weighted by molar-refractivity contribution is 5.99. The molecule has 2 rings (SSSR count). The highest BCUT2D eigenvalue weighted by Crippen LogP contribution is 2.42. The van der Waals surface area contributed by atoms with Crippen LogP contribution in [0.3, 0.4) is 0 Å². The van der Waals surface area contributed by atoms with Crippen molar-refractivity contribution in [2.24, 2.45) is 5.41 Å². The summed E-state index contributed by atoms with van der Waals surface area (Å²) in [5.74, 6) is -0.124. The molecular formula is C29H39NO. The second kappa shape index (κ2) is 12.7. The summed E-state index contributed by atoms with van der Waals surface area (Å²) in [7, 11) is 0. The van der Waals surface area contributed by atoms with E-state index in [2.05, 4.69) is 57.8 Å². The molecule has 31 heavy (non-hydrogen) atoms. The van der Waals surface area contributed by atoms with Gasteiger partial charge in [-0.25, -0.2) is 0 Å². The molecule has 1 N–H and O–H groups in total. The number of hydrogen-bond acceptors (Lipinski definition) is 1. The number of nitrogens with one attached hydrogen (secondary N) is 1. The molecule has 0 bridgehead atoms. The lowest BCUT2D eigenvalue weighted by atomic mass is 9.71. The molecule has 0 aliphatic heterocycles. The Morgan fingerprint density at radius 3 is 2.35 bits per heavy atom. The number of amides is 1. The molecule has 0 aromatic heterocycles. The molecule has 1 aromatic rings. The van der Waals surface area contributed by atoms with Crippen molar-refractivity contribution in [1.29, 1.82) is 0 Å². The fraction of sp³-hybridized carbons (Fsp3) is 0.345. The van der Waals surface area contributed by atoms with E-state index in [1.54, 1.807) is 6.08 Å². The van der Waals surface area contributed by atoms with Gasteiger partial charge in [0.1, 0.15) is 0 Å². The van der Waals surface area contributed by atoms with Gasteiger partial charge in [0, 0.05) is 11.8 Å². The topological polar surface area (TPSA) is 29.1 Å². The van der Waals surface area contributed by atoms with Gasteiger partial charge in [-0.1, -0.05) is 94.0 Å². The number of anilines is 1. The van der Waals surface area contributed by atoms with Crippen molar-refractivity contribution in [3.8, 4) is 0 Å². The van der Waals surface area contributed by atoms with Gasteiger partial charge in [0.2, 0.25) is 5.91 Å². The number of carbonyl (C=O) groups excluding carboxylic acids is 1. The first-order chi connectivity index (χ1) is 14.7. The van der Waals surface area contributed by atoms with E-state index in [0.29, 0.717) is 0 Å². The molecule has 1 aliphatic carbocycles. The molecule has 0 fully saturated rings. The van der Waals surface area contributed by atoms with Gasteiger partial charge in [-0.15, -0.1) is 0 Å². The maximum atomic E-state index is 12.1. The molecule has 0 spiro atoms. The van der Waals surface area contributed by atoms with Crippen LogP contribution in [0.5, 0.6) is 0 Å². The molecule has 2 heteroatoms. The van der Waals surface area contributed by atoms with Crippen molar-refractivity contribution in [3.63, 3.8) is 0 Å². The van der Waals surface area contributed by atoms with Crippen molar-refractivity contribution in [3.05, 3.63) is 101 Å². The van der Waals surface area contributed by atoms with Crippen LogP contribution in [-0.4, -0.2) is 5.91 Å². The van der Waals surface area contributed by atoms with Crippen LogP contribution in [0.15, 0.2) is 101 Å². The van der Waals surface area contributed by atoms with Gasteiger partial charge in [-0.3, -0.25) is 4.79 Å². The summed E-state index contributed by atoms with van der Waals surface area (Å²) in [6.45, 7) is 19.0. The fourth-order valence-corrected chi connectivity index (χ4v) is 3.41. The number of benzene rings is 1. The van der Waals surface area contributed by atoms with E-state index in [4.69, 9.17) is 0 Å². The average molecular weight is 418 g/mol. The van der Waals surface area contributed by atoms with Gasteiger partial charge >= 0.3 is 0 Å². The lowest BCUT2D eigenvalue weighted by molar-refractivity contribution is -0.111. The zero-order valence-electron chi connectivity index (χ0n) is 20.4. The predicted molar refractivity (Wildman–Crippen MR) is 137 cm³/mol. The monoisotopic (exact) mass is 417 g/mol.